The average Bonchev–Trinajstić information content (AvgIpc) is 2.83. The lowest BCUT2D eigenvalue weighted by Gasteiger charge is -2.06. The highest BCUT2D eigenvalue weighted by Gasteiger charge is 2.22. The van der Waals surface area contributed by atoms with Crippen molar-refractivity contribution >= 4 is 17.3 Å². The summed E-state index contributed by atoms with van der Waals surface area (Å²) in [5.74, 6) is -0.359. The molecule has 1 saturated carbocycles. The Kier molecular flexibility index (Phi) is 1.93. The Morgan fingerprint density at radius 2 is 2.17 bits per heavy atom. The van der Waals surface area contributed by atoms with Gasteiger partial charge in [-0.05, 0) is 25.0 Å². The molecule has 0 heterocycles. The maximum absolute atomic E-state index is 12.9. The van der Waals surface area contributed by atoms with Crippen LogP contribution in [0.2, 0.25) is 5.02 Å². The summed E-state index contributed by atoms with van der Waals surface area (Å²) in [7, 11) is 0. The zero-order valence-corrected chi connectivity index (χ0v) is 7.24. The third-order valence-electron chi connectivity index (χ3n) is 1.89. The second-order valence-electron chi connectivity index (χ2n) is 3.02. The minimum atomic E-state index is -0.359. The quantitative estimate of drug-likeness (QED) is 0.747. The fourth-order valence-electron chi connectivity index (χ4n) is 1.06. The molecule has 0 spiro atoms. The van der Waals surface area contributed by atoms with Gasteiger partial charge in [-0.25, -0.2) is 4.39 Å². The molecule has 0 aromatic heterocycles. The molecule has 12 heavy (non-hydrogen) atoms. The first kappa shape index (κ1) is 7.87. The van der Waals surface area contributed by atoms with Crippen LogP contribution in [-0.2, 0) is 0 Å². The van der Waals surface area contributed by atoms with Gasteiger partial charge in [-0.3, -0.25) is 0 Å². The van der Waals surface area contributed by atoms with Crippen LogP contribution in [0.3, 0.4) is 0 Å². The van der Waals surface area contributed by atoms with Crippen LogP contribution in [0.1, 0.15) is 12.8 Å². The number of hydrogen-bond donors (Lipinski definition) is 1. The molecule has 1 aliphatic rings. The fraction of sp³-hybridized carbons (Fsp3) is 0.333. The highest BCUT2D eigenvalue weighted by Crippen LogP contribution is 2.30. The Morgan fingerprint density at radius 1 is 1.42 bits per heavy atom. The number of anilines is 1. The van der Waals surface area contributed by atoms with Crippen LogP contribution in [0.4, 0.5) is 10.1 Å². The monoisotopic (exact) mass is 185 g/mol. The molecule has 1 aromatic carbocycles. The van der Waals surface area contributed by atoms with E-state index in [4.69, 9.17) is 11.6 Å². The van der Waals surface area contributed by atoms with Gasteiger partial charge in [0.05, 0.1) is 10.7 Å². The van der Waals surface area contributed by atoms with Crippen molar-refractivity contribution in [2.24, 2.45) is 0 Å². The summed E-state index contributed by atoms with van der Waals surface area (Å²) in [6.07, 6.45) is 2.32. The van der Waals surface area contributed by atoms with E-state index in [1.54, 1.807) is 12.1 Å². The lowest BCUT2D eigenvalue weighted by molar-refractivity contribution is 0.628. The molecule has 0 amide bonds. The Hall–Kier alpha value is -0.760. The van der Waals surface area contributed by atoms with E-state index in [2.05, 4.69) is 5.32 Å². The predicted octanol–water partition coefficient (Wildman–Crippen LogP) is 3.05. The molecule has 3 heteroatoms. The van der Waals surface area contributed by atoms with Gasteiger partial charge in [0.15, 0.2) is 0 Å². The lowest BCUT2D eigenvalue weighted by atomic mass is 10.3. The molecule has 1 aromatic rings. The highest BCUT2D eigenvalue weighted by molar-refractivity contribution is 6.33. The topological polar surface area (TPSA) is 12.0 Å². The smallest absolute Gasteiger partial charge is 0.143 e. The predicted molar refractivity (Wildman–Crippen MR) is 48.1 cm³/mol. The first-order chi connectivity index (χ1) is 5.77. The highest BCUT2D eigenvalue weighted by atomic mass is 35.5. The van der Waals surface area contributed by atoms with Crippen molar-refractivity contribution in [3.63, 3.8) is 0 Å². The summed E-state index contributed by atoms with van der Waals surface area (Å²) in [5, 5.41) is 3.35. The second-order valence-corrected chi connectivity index (χ2v) is 3.40. The third kappa shape index (κ3) is 1.53. The van der Waals surface area contributed by atoms with Crippen LogP contribution in [0.25, 0.3) is 0 Å². The Morgan fingerprint density at radius 3 is 2.83 bits per heavy atom. The van der Waals surface area contributed by atoms with Crippen molar-refractivity contribution in [1.82, 2.24) is 0 Å². The van der Waals surface area contributed by atoms with E-state index in [-0.39, 0.29) is 10.8 Å². The number of rotatable bonds is 2. The van der Waals surface area contributed by atoms with E-state index >= 15 is 0 Å². The van der Waals surface area contributed by atoms with Crippen molar-refractivity contribution in [2.45, 2.75) is 18.9 Å². The van der Waals surface area contributed by atoms with Crippen molar-refractivity contribution in [3.05, 3.63) is 29.0 Å². The summed E-state index contributed by atoms with van der Waals surface area (Å²) in [6, 6.07) is 5.32. The Labute approximate surface area is 75.5 Å². The van der Waals surface area contributed by atoms with Gasteiger partial charge >= 0.3 is 0 Å². The molecule has 64 valence electrons. The molecule has 1 aliphatic carbocycles. The summed E-state index contributed by atoms with van der Waals surface area (Å²) >= 11 is 5.73. The van der Waals surface area contributed by atoms with Crippen LogP contribution >= 0.6 is 11.6 Å². The van der Waals surface area contributed by atoms with E-state index in [9.17, 15) is 4.39 Å². The SMILES string of the molecule is Fc1cccc(NC2CC2)c1Cl. The molecular weight excluding hydrogens is 177 g/mol. The van der Waals surface area contributed by atoms with Gasteiger partial charge in [-0.15, -0.1) is 0 Å². The molecule has 0 aliphatic heterocycles. The van der Waals surface area contributed by atoms with Gasteiger partial charge in [-0.2, -0.15) is 0 Å². The molecule has 0 bridgehead atoms. The molecular formula is C9H9ClFN. The first-order valence-electron chi connectivity index (χ1n) is 3.98. The summed E-state index contributed by atoms with van der Waals surface area (Å²) in [6.45, 7) is 0. The first-order valence-corrected chi connectivity index (χ1v) is 4.36. The van der Waals surface area contributed by atoms with E-state index in [0.717, 1.165) is 12.8 Å². The van der Waals surface area contributed by atoms with E-state index in [1.807, 2.05) is 0 Å². The summed E-state index contributed by atoms with van der Waals surface area (Å²) in [5.41, 5.74) is 0.708. The maximum atomic E-state index is 12.9. The number of nitrogens with one attached hydrogen (secondary N) is 1. The molecule has 0 radical (unpaired) electrons. The van der Waals surface area contributed by atoms with Crippen LogP contribution in [0, 0.1) is 5.82 Å². The largest absolute Gasteiger partial charge is 0.381 e. The van der Waals surface area contributed by atoms with Gasteiger partial charge < -0.3 is 5.32 Å². The minimum Gasteiger partial charge on any atom is -0.381 e. The molecule has 0 atom stereocenters. The zero-order chi connectivity index (χ0) is 8.55. The maximum Gasteiger partial charge on any atom is 0.143 e. The molecule has 1 fully saturated rings. The van der Waals surface area contributed by atoms with Gasteiger partial charge in [-0.1, -0.05) is 17.7 Å². The zero-order valence-electron chi connectivity index (χ0n) is 6.48. The lowest BCUT2D eigenvalue weighted by Crippen LogP contribution is -2.01. The normalized spacial score (nSPS) is 16.2. The van der Waals surface area contributed by atoms with Crippen molar-refractivity contribution in [2.75, 3.05) is 5.32 Å². The van der Waals surface area contributed by atoms with Crippen LogP contribution < -0.4 is 5.32 Å². The number of halogens is 2. The van der Waals surface area contributed by atoms with Crippen molar-refractivity contribution < 1.29 is 4.39 Å². The third-order valence-corrected chi connectivity index (χ3v) is 2.27. The van der Waals surface area contributed by atoms with Gasteiger partial charge in [0.2, 0.25) is 0 Å². The van der Waals surface area contributed by atoms with Crippen LogP contribution in [0.5, 0.6) is 0 Å². The summed E-state index contributed by atoms with van der Waals surface area (Å²) in [4.78, 5) is 0. The standard InChI is InChI=1S/C9H9ClFN/c10-9-7(11)2-1-3-8(9)12-6-4-5-6/h1-3,6,12H,4-5H2. The van der Waals surface area contributed by atoms with Gasteiger partial charge in [0.25, 0.3) is 0 Å². The van der Waals surface area contributed by atoms with Crippen LogP contribution in [0.15, 0.2) is 18.2 Å². The average molecular weight is 186 g/mol. The molecule has 1 N–H and O–H groups in total. The van der Waals surface area contributed by atoms with Crippen molar-refractivity contribution in [1.29, 1.82) is 0 Å². The Bertz CT molecular complexity index is 297. The molecule has 1 nitrogen and oxygen atoms in total. The van der Waals surface area contributed by atoms with Crippen molar-refractivity contribution in [3.8, 4) is 0 Å². The van der Waals surface area contributed by atoms with Crippen LogP contribution in [-0.4, -0.2) is 6.04 Å². The van der Waals surface area contributed by atoms with E-state index < -0.39 is 0 Å². The second kappa shape index (κ2) is 2.94. The molecule has 0 unspecified atom stereocenters. The fourth-order valence-corrected chi connectivity index (χ4v) is 1.24. The number of benzene rings is 1. The minimum absolute atomic E-state index is 0.199. The van der Waals surface area contributed by atoms with Gasteiger partial charge in [0, 0.05) is 6.04 Å². The molecule has 0 saturated heterocycles. The van der Waals surface area contributed by atoms with Gasteiger partial charge in [0.1, 0.15) is 5.82 Å². The van der Waals surface area contributed by atoms with E-state index in [1.165, 1.54) is 6.07 Å². The summed E-state index contributed by atoms with van der Waals surface area (Å²) < 4.78 is 12.9. The number of hydrogen-bond acceptors (Lipinski definition) is 1. The Balaban J connectivity index is 2.23. The molecule has 2 rings (SSSR count). The van der Waals surface area contributed by atoms with E-state index in [0.29, 0.717) is 11.7 Å².